The Labute approximate surface area is 149 Å². The van der Waals surface area contributed by atoms with Crippen LogP contribution in [0, 0.1) is 24.0 Å². The van der Waals surface area contributed by atoms with Gasteiger partial charge >= 0.3 is 0 Å². The molecule has 1 saturated heterocycles. The minimum atomic E-state index is -0.467. The number of rotatable bonds is 4. The molecule has 7 nitrogen and oxygen atoms in total. The summed E-state index contributed by atoms with van der Waals surface area (Å²) in [6, 6.07) is 7.19. The molecule has 0 bridgehead atoms. The molecule has 0 spiro atoms. The van der Waals surface area contributed by atoms with Crippen LogP contribution in [0.3, 0.4) is 0 Å². The highest BCUT2D eigenvalue weighted by molar-refractivity contribution is 7.14. The molecule has 0 saturated carbocycles. The highest BCUT2D eigenvalue weighted by Gasteiger charge is 2.20. The normalized spacial score (nSPS) is 14.4. The topological polar surface area (TPSA) is 84.7 Å². The van der Waals surface area contributed by atoms with Crippen molar-refractivity contribution in [1.29, 1.82) is 0 Å². The molecule has 1 aromatic carbocycles. The van der Waals surface area contributed by atoms with Crippen LogP contribution in [0.5, 0.6) is 0 Å². The van der Waals surface area contributed by atoms with Crippen molar-refractivity contribution in [3.8, 4) is 0 Å². The van der Waals surface area contributed by atoms with Gasteiger partial charge in [-0.3, -0.25) is 14.9 Å². The molecule has 1 fully saturated rings. The molecule has 0 atom stereocenters. The second kappa shape index (κ2) is 7.20. The highest BCUT2D eigenvalue weighted by atomic mass is 32.1. The minimum Gasteiger partial charge on any atom is -0.378 e. The Hall–Kier alpha value is -2.45. The van der Waals surface area contributed by atoms with Gasteiger partial charge in [0.25, 0.3) is 11.6 Å². The van der Waals surface area contributed by atoms with Gasteiger partial charge in [-0.1, -0.05) is 0 Å². The number of hydrogen-bond donors (Lipinski definition) is 1. The van der Waals surface area contributed by atoms with Crippen LogP contribution in [-0.2, 0) is 4.74 Å². The summed E-state index contributed by atoms with van der Waals surface area (Å²) in [6.45, 7) is 6.71. The summed E-state index contributed by atoms with van der Waals surface area (Å²) in [7, 11) is 0. The molecule has 2 heterocycles. The lowest BCUT2D eigenvalue weighted by molar-refractivity contribution is -0.385. The van der Waals surface area contributed by atoms with Crippen LogP contribution < -0.4 is 10.2 Å². The van der Waals surface area contributed by atoms with Crippen LogP contribution in [0.15, 0.2) is 24.3 Å². The second-order valence-electron chi connectivity index (χ2n) is 5.86. The lowest BCUT2D eigenvalue weighted by atomic mass is 10.1. The maximum atomic E-state index is 12.4. The average Bonchev–Trinajstić information content (AvgIpc) is 2.99. The molecule has 2 aromatic rings. The van der Waals surface area contributed by atoms with Gasteiger partial charge in [-0.2, -0.15) is 0 Å². The number of aryl methyl sites for hydroxylation is 2. The van der Waals surface area contributed by atoms with Crippen LogP contribution in [0.2, 0.25) is 0 Å². The van der Waals surface area contributed by atoms with E-state index in [0.717, 1.165) is 35.7 Å². The zero-order valence-electron chi connectivity index (χ0n) is 14.1. The number of ether oxygens (including phenoxy) is 1. The fourth-order valence-corrected chi connectivity index (χ4v) is 3.64. The number of benzene rings is 1. The van der Waals surface area contributed by atoms with Crippen LogP contribution in [-0.4, -0.2) is 37.1 Å². The average molecular weight is 361 g/mol. The predicted octanol–water partition coefficient (Wildman–Crippen LogP) is 3.36. The zero-order valence-corrected chi connectivity index (χ0v) is 14.9. The van der Waals surface area contributed by atoms with E-state index in [4.69, 9.17) is 4.74 Å². The third-order valence-electron chi connectivity index (χ3n) is 4.15. The van der Waals surface area contributed by atoms with Crippen LogP contribution in [0.4, 0.5) is 17.1 Å². The molecule has 0 unspecified atom stereocenters. The Bertz CT molecular complexity index is 812. The van der Waals surface area contributed by atoms with Crippen LogP contribution >= 0.6 is 11.3 Å². The number of nitrogens with one attached hydrogen (secondary N) is 1. The maximum absolute atomic E-state index is 12.4. The molecule has 1 aromatic heterocycles. The fraction of sp³-hybridized carbons (Fsp3) is 0.353. The maximum Gasteiger partial charge on any atom is 0.283 e. The van der Waals surface area contributed by atoms with Crippen molar-refractivity contribution in [3.05, 3.63) is 49.7 Å². The van der Waals surface area contributed by atoms with Crippen molar-refractivity contribution in [2.45, 2.75) is 13.8 Å². The molecular weight excluding hydrogens is 342 g/mol. The minimum absolute atomic E-state index is 0.0189. The van der Waals surface area contributed by atoms with E-state index >= 15 is 0 Å². The highest BCUT2D eigenvalue weighted by Crippen LogP contribution is 2.29. The van der Waals surface area contributed by atoms with Gasteiger partial charge in [-0.25, -0.2) is 0 Å². The number of carbonyl (C=O) groups is 1. The van der Waals surface area contributed by atoms with E-state index in [1.54, 1.807) is 6.92 Å². The summed E-state index contributed by atoms with van der Waals surface area (Å²) in [6.07, 6.45) is 0. The van der Waals surface area contributed by atoms with E-state index < -0.39 is 4.92 Å². The summed E-state index contributed by atoms with van der Waals surface area (Å²) >= 11 is 1.13. The molecule has 132 valence electrons. The zero-order chi connectivity index (χ0) is 18.0. The smallest absolute Gasteiger partial charge is 0.283 e. The summed E-state index contributed by atoms with van der Waals surface area (Å²) in [5.74, 6) is -0.330. The van der Waals surface area contributed by atoms with E-state index in [2.05, 4.69) is 10.2 Å². The molecule has 0 radical (unpaired) electrons. The third-order valence-corrected chi connectivity index (χ3v) is 5.18. The Morgan fingerprint density at radius 1 is 1.28 bits per heavy atom. The number of nitrogens with zero attached hydrogens (tertiary/aromatic N) is 2. The summed E-state index contributed by atoms with van der Waals surface area (Å²) in [5, 5.41) is 13.8. The van der Waals surface area contributed by atoms with Gasteiger partial charge in [-0.05, 0) is 37.6 Å². The Morgan fingerprint density at radius 3 is 2.60 bits per heavy atom. The molecule has 1 aliphatic rings. The lowest BCUT2D eigenvalue weighted by Gasteiger charge is -2.29. The molecule has 1 N–H and O–H groups in total. The summed E-state index contributed by atoms with van der Waals surface area (Å²) in [4.78, 5) is 25.9. The molecular formula is C17H19N3O4S. The first-order valence-corrected chi connectivity index (χ1v) is 8.77. The van der Waals surface area contributed by atoms with Crippen LogP contribution in [0.25, 0.3) is 0 Å². The molecule has 0 aliphatic carbocycles. The first kappa shape index (κ1) is 17.4. The number of morpholine rings is 1. The largest absolute Gasteiger partial charge is 0.378 e. The number of anilines is 2. The standard InChI is InChI=1S/C17H19N3O4S/c1-11-9-13(19-5-7-24-8-6-19)3-4-14(11)18-17(21)16-10-15(20(22)23)12(2)25-16/h3-4,9-10H,5-8H2,1-2H3,(H,18,21). The monoisotopic (exact) mass is 361 g/mol. The van der Waals surface area contributed by atoms with E-state index in [9.17, 15) is 14.9 Å². The quantitative estimate of drug-likeness (QED) is 0.667. The van der Waals surface area contributed by atoms with E-state index in [1.807, 2.05) is 25.1 Å². The molecule has 25 heavy (non-hydrogen) atoms. The Balaban J connectivity index is 1.75. The molecule has 8 heteroatoms. The first-order valence-electron chi connectivity index (χ1n) is 7.95. The molecule has 1 aliphatic heterocycles. The van der Waals surface area contributed by atoms with E-state index in [0.29, 0.717) is 28.7 Å². The Kier molecular flexibility index (Phi) is 5.00. The first-order chi connectivity index (χ1) is 12.0. The Morgan fingerprint density at radius 2 is 2.00 bits per heavy atom. The van der Waals surface area contributed by atoms with Crippen LogP contribution in [0.1, 0.15) is 20.1 Å². The van der Waals surface area contributed by atoms with Crippen molar-refractivity contribution >= 4 is 34.3 Å². The van der Waals surface area contributed by atoms with Gasteiger partial charge in [0.15, 0.2) is 0 Å². The van der Waals surface area contributed by atoms with Gasteiger partial charge in [-0.15, -0.1) is 11.3 Å². The summed E-state index contributed by atoms with van der Waals surface area (Å²) in [5.41, 5.74) is 2.73. The van der Waals surface area contributed by atoms with Gasteiger partial charge in [0.1, 0.15) is 0 Å². The van der Waals surface area contributed by atoms with Crippen molar-refractivity contribution < 1.29 is 14.5 Å². The predicted molar refractivity (Wildman–Crippen MR) is 97.9 cm³/mol. The van der Waals surface area contributed by atoms with Gasteiger partial charge in [0, 0.05) is 30.5 Å². The number of hydrogen-bond acceptors (Lipinski definition) is 6. The SMILES string of the molecule is Cc1cc(N2CCOCC2)ccc1NC(=O)c1cc([N+](=O)[O-])c(C)s1. The fourth-order valence-electron chi connectivity index (χ4n) is 2.76. The van der Waals surface area contributed by atoms with Crippen molar-refractivity contribution in [1.82, 2.24) is 0 Å². The van der Waals surface area contributed by atoms with Gasteiger partial charge in [0.2, 0.25) is 0 Å². The molecule has 1 amide bonds. The van der Waals surface area contributed by atoms with E-state index in [1.165, 1.54) is 6.07 Å². The summed E-state index contributed by atoms with van der Waals surface area (Å²) < 4.78 is 5.36. The second-order valence-corrected chi connectivity index (χ2v) is 7.12. The van der Waals surface area contributed by atoms with Gasteiger partial charge in [0.05, 0.1) is 27.9 Å². The lowest BCUT2D eigenvalue weighted by Crippen LogP contribution is -2.36. The molecule has 3 rings (SSSR count). The number of amides is 1. The third kappa shape index (κ3) is 3.80. The number of carbonyl (C=O) groups excluding carboxylic acids is 1. The van der Waals surface area contributed by atoms with Crippen molar-refractivity contribution in [2.24, 2.45) is 0 Å². The van der Waals surface area contributed by atoms with Crippen molar-refractivity contribution in [3.63, 3.8) is 0 Å². The van der Waals surface area contributed by atoms with Crippen molar-refractivity contribution in [2.75, 3.05) is 36.5 Å². The van der Waals surface area contributed by atoms with E-state index in [-0.39, 0.29) is 11.6 Å². The number of nitro groups is 1. The number of thiophene rings is 1. The van der Waals surface area contributed by atoms with Gasteiger partial charge < -0.3 is 15.0 Å².